The highest BCUT2D eigenvalue weighted by atomic mass is 16.5. The summed E-state index contributed by atoms with van der Waals surface area (Å²) >= 11 is 0. The summed E-state index contributed by atoms with van der Waals surface area (Å²) in [7, 11) is 0. The van der Waals surface area contributed by atoms with Crippen LogP contribution in [-0.2, 0) is 23.9 Å². The topological polar surface area (TPSA) is 134 Å². The number of cyclic esters (lactones) is 1. The predicted octanol–water partition coefficient (Wildman–Crippen LogP) is 2.83. The molecule has 4 N–H and O–H groups in total. The number of aliphatic hydroxyl groups excluding tert-OH is 1. The van der Waals surface area contributed by atoms with Gasteiger partial charge in [0.05, 0.1) is 12.5 Å². The molecule has 0 spiro atoms. The monoisotopic (exact) mass is 509 g/mol. The standard InChI is InChI=1S/C28H35N3O6/c1-19(17-32)29-25(33)16-22-11-5-3-2-4-6-12-26(34)37-18-24(31-27(22)35)28(36)30-23-14-13-20-9-7-8-10-21(20)15-23/h3,5,7-10,13-15,19,22,24,32H,2,4,6,11-12,16-18H2,1H3,(H,29,33)(H,30,36)(H,31,35)/t19-,22+,24-/m0/s1. The van der Waals surface area contributed by atoms with Crippen LogP contribution in [0.15, 0.2) is 54.6 Å². The van der Waals surface area contributed by atoms with Gasteiger partial charge in [0.1, 0.15) is 12.6 Å². The van der Waals surface area contributed by atoms with E-state index in [2.05, 4.69) is 16.0 Å². The molecule has 0 unspecified atom stereocenters. The van der Waals surface area contributed by atoms with Crippen LogP contribution in [0.1, 0.15) is 45.4 Å². The van der Waals surface area contributed by atoms with E-state index in [1.807, 2.05) is 48.6 Å². The molecule has 1 aliphatic rings. The van der Waals surface area contributed by atoms with Crippen molar-refractivity contribution in [2.45, 2.75) is 57.5 Å². The van der Waals surface area contributed by atoms with E-state index < -0.39 is 35.8 Å². The first-order valence-electron chi connectivity index (χ1n) is 12.7. The summed E-state index contributed by atoms with van der Waals surface area (Å²) in [6, 6.07) is 11.6. The van der Waals surface area contributed by atoms with E-state index in [9.17, 15) is 24.3 Å². The molecule has 9 heteroatoms. The number of aliphatic hydroxyl groups is 1. The fourth-order valence-electron chi connectivity index (χ4n) is 4.01. The lowest BCUT2D eigenvalue weighted by Crippen LogP contribution is -2.49. The van der Waals surface area contributed by atoms with Crippen molar-refractivity contribution in [1.29, 1.82) is 0 Å². The number of rotatable bonds is 6. The number of benzene rings is 2. The van der Waals surface area contributed by atoms with E-state index in [4.69, 9.17) is 4.74 Å². The number of anilines is 1. The molecule has 0 radical (unpaired) electrons. The fourth-order valence-corrected chi connectivity index (χ4v) is 4.01. The molecule has 198 valence electrons. The minimum Gasteiger partial charge on any atom is -0.463 e. The van der Waals surface area contributed by atoms with Crippen molar-refractivity contribution >= 4 is 40.2 Å². The number of nitrogens with one attached hydrogen (secondary N) is 3. The van der Waals surface area contributed by atoms with Gasteiger partial charge in [-0.05, 0) is 55.5 Å². The van der Waals surface area contributed by atoms with Gasteiger partial charge in [0, 0.05) is 24.6 Å². The molecule has 9 nitrogen and oxygen atoms in total. The average molecular weight is 510 g/mol. The maximum atomic E-state index is 13.2. The molecule has 0 aromatic heterocycles. The van der Waals surface area contributed by atoms with Crippen LogP contribution in [-0.4, -0.2) is 54.1 Å². The molecule has 2 aromatic rings. The van der Waals surface area contributed by atoms with Crippen LogP contribution in [0.4, 0.5) is 5.69 Å². The van der Waals surface area contributed by atoms with Crippen molar-refractivity contribution < 1.29 is 29.0 Å². The van der Waals surface area contributed by atoms with Gasteiger partial charge in [-0.2, -0.15) is 0 Å². The Kier molecular flexibility index (Phi) is 10.6. The summed E-state index contributed by atoms with van der Waals surface area (Å²) in [5, 5.41) is 19.3. The second-order valence-electron chi connectivity index (χ2n) is 9.30. The zero-order valence-corrected chi connectivity index (χ0v) is 21.1. The molecule has 3 amide bonds. The third-order valence-corrected chi connectivity index (χ3v) is 6.13. The Morgan fingerprint density at radius 2 is 1.89 bits per heavy atom. The summed E-state index contributed by atoms with van der Waals surface area (Å²) < 4.78 is 5.32. The predicted molar refractivity (Wildman–Crippen MR) is 140 cm³/mol. The zero-order valence-electron chi connectivity index (χ0n) is 21.1. The number of fused-ring (bicyclic) bond motifs is 1. The molecule has 0 aliphatic carbocycles. The smallest absolute Gasteiger partial charge is 0.305 e. The van der Waals surface area contributed by atoms with E-state index in [0.717, 1.165) is 23.6 Å². The molecule has 0 saturated carbocycles. The largest absolute Gasteiger partial charge is 0.463 e. The zero-order chi connectivity index (χ0) is 26.6. The lowest BCUT2D eigenvalue weighted by Gasteiger charge is -2.22. The first-order chi connectivity index (χ1) is 17.9. The van der Waals surface area contributed by atoms with Gasteiger partial charge < -0.3 is 25.8 Å². The molecule has 37 heavy (non-hydrogen) atoms. The molecule has 0 bridgehead atoms. The molecule has 3 atom stereocenters. The Morgan fingerprint density at radius 1 is 1.11 bits per heavy atom. The number of allylic oxidation sites excluding steroid dienone is 2. The van der Waals surface area contributed by atoms with E-state index in [-0.39, 0.29) is 32.0 Å². The van der Waals surface area contributed by atoms with Crippen LogP contribution in [0.3, 0.4) is 0 Å². The number of hydrogen-bond acceptors (Lipinski definition) is 6. The number of ether oxygens (including phenoxy) is 1. The van der Waals surface area contributed by atoms with Crippen LogP contribution in [0, 0.1) is 5.92 Å². The van der Waals surface area contributed by atoms with Gasteiger partial charge in [0.25, 0.3) is 5.91 Å². The van der Waals surface area contributed by atoms with Crippen LogP contribution in [0.5, 0.6) is 0 Å². The van der Waals surface area contributed by atoms with Gasteiger partial charge >= 0.3 is 5.97 Å². The normalized spacial score (nSPS) is 20.3. The van der Waals surface area contributed by atoms with E-state index in [1.54, 1.807) is 13.0 Å². The van der Waals surface area contributed by atoms with Gasteiger partial charge in [-0.25, -0.2) is 0 Å². The first kappa shape index (κ1) is 27.9. The Balaban J connectivity index is 1.77. The summed E-state index contributed by atoms with van der Waals surface area (Å²) in [5.41, 5.74) is 0.542. The summed E-state index contributed by atoms with van der Waals surface area (Å²) in [6.45, 7) is 1.12. The molecular formula is C28H35N3O6. The quantitative estimate of drug-likeness (QED) is 0.350. The lowest BCUT2D eigenvalue weighted by molar-refractivity contribution is -0.146. The van der Waals surface area contributed by atoms with E-state index in [1.165, 1.54) is 0 Å². The van der Waals surface area contributed by atoms with Gasteiger partial charge in [-0.15, -0.1) is 0 Å². The van der Waals surface area contributed by atoms with Crippen molar-refractivity contribution in [3.8, 4) is 0 Å². The second-order valence-corrected chi connectivity index (χ2v) is 9.30. The van der Waals surface area contributed by atoms with Crippen LogP contribution in [0.25, 0.3) is 10.8 Å². The Bertz CT molecular complexity index is 1130. The molecule has 1 aliphatic heterocycles. The maximum Gasteiger partial charge on any atom is 0.305 e. The van der Waals surface area contributed by atoms with Crippen molar-refractivity contribution in [3.05, 3.63) is 54.6 Å². The minimum atomic E-state index is -1.14. The highest BCUT2D eigenvalue weighted by molar-refractivity contribution is 5.99. The lowest BCUT2D eigenvalue weighted by atomic mass is 9.98. The van der Waals surface area contributed by atoms with Crippen molar-refractivity contribution in [3.63, 3.8) is 0 Å². The molecule has 0 fully saturated rings. The molecule has 1 heterocycles. The number of carbonyl (C=O) groups excluding carboxylic acids is 4. The maximum absolute atomic E-state index is 13.2. The summed E-state index contributed by atoms with van der Waals surface area (Å²) in [4.78, 5) is 51.0. The van der Waals surface area contributed by atoms with E-state index >= 15 is 0 Å². The number of hydrogen-bond donors (Lipinski definition) is 4. The third kappa shape index (κ3) is 9.02. The van der Waals surface area contributed by atoms with Crippen LogP contribution >= 0.6 is 0 Å². The summed E-state index contributed by atoms with van der Waals surface area (Å²) in [6.07, 6.45) is 6.37. The Morgan fingerprint density at radius 3 is 2.68 bits per heavy atom. The Labute approximate surface area is 216 Å². The van der Waals surface area contributed by atoms with Crippen LogP contribution < -0.4 is 16.0 Å². The van der Waals surface area contributed by atoms with E-state index in [0.29, 0.717) is 18.5 Å². The molecular weight excluding hydrogens is 474 g/mol. The Hall–Kier alpha value is -3.72. The fraction of sp³-hybridized carbons (Fsp3) is 0.429. The second kappa shape index (κ2) is 14.1. The van der Waals surface area contributed by atoms with Crippen molar-refractivity contribution in [1.82, 2.24) is 10.6 Å². The molecule has 0 saturated heterocycles. The minimum absolute atomic E-state index is 0.112. The van der Waals surface area contributed by atoms with Gasteiger partial charge in [-0.3, -0.25) is 19.2 Å². The molecule has 2 aromatic carbocycles. The average Bonchev–Trinajstić information content (AvgIpc) is 2.88. The number of esters is 1. The summed E-state index contributed by atoms with van der Waals surface area (Å²) in [5.74, 6) is -2.58. The SMILES string of the molecule is C[C@@H](CO)NC(=O)C[C@H]1CC=CCCCCC(=O)OC[C@@H](C(=O)Nc2ccc3ccccc3c2)NC1=O. The third-order valence-electron chi connectivity index (χ3n) is 6.13. The number of amides is 3. The van der Waals surface area contributed by atoms with Gasteiger partial charge in [0.15, 0.2) is 0 Å². The highest BCUT2D eigenvalue weighted by Gasteiger charge is 2.28. The van der Waals surface area contributed by atoms with Gasteiger partial charge in [-0.1, -0.05) is 42.5 Å². The van der Waals surface area contributed by atoms with Crippen LogP contribution in [0.2, 0.25) is 0 Å². The van der Waals surface area contributed by atoms with Gasteiger partial charge in [0.2, 0.25) is 11.8 Å². The first-order valence-corrected chi connectivity index (χ1v) is 12.7. The van der Waals surface area contributed by atoms with Crippen molar-refractivity contribution in [2.24, 2.45) is 5.92 Å². The molecule has 3 rings (SSSR count). The highest BCUT2D eigenvalue weighted by Crippen LogP contribution is 2.19. The number of carbonyl (C=O) groups is 4. The van der Waals surface area contributed by atoms with Crippen molar-refractivity contribution in [2.75, 3.05) is 18.5 Å².